The molecule has 5 rings (SSSR count). The summed E-state index contributed by atoms with van der Waals surface area (Å²) in [6.07, 6.45) is 0.858. The zero-order valence-electron chi connectivity index (χ0n) is 22.2. The maximum Gasteiger partial charge on any atom is 0.337 e. The summed E-state index contributed by atoms with van der Waals surface area (Å²) in [6, 6.07) is 21.8. The Morgan fingerprint density at radius 3 is 2.41 bits per heavy atom. The molecule has 0 unspecified atom stereocenters. The van der Waals surface area contributed by atoms with Crippen LogP contribution in [0.25, 0.3) is 0 Å². The van der Waals surface area contributed by atoms with Crippen molar-refractivity contribution in [3.8, 4) is 17.2 Å². The Morgan fingerprint density at radius 1 is 0.949 bits per heavy atom. The number of methoxy groups -OCH3 is 2. The van der Waals surface area contributed by atoms with Crippen molar-refractivity contribution in [2.45, 2.75) is 38.2 Å². The van der Waals surface area contributed by atoms with Crippen LogP contribution in [0.2, 0.25) is 0 Å². The van der Waals surface area contributed by atoms with Gasteiger partial charge in [-0.05, 0) is 48.7 Å². The number of aromatic hydroxyl groups is 1. The first-order valence-corrected chi connectivity index (χ1v) is 12.9. The second-order valence-electron chi connectivity index (χ2n) is 9.74. The lowest BCUT2D eigenvalue weighted by molar-refractivity contribution is -0.140. The Kier molecular flexibility index (Phi) is 7.41. The average Bonchev–Trinajstić information content (AvgIpc) is 2.95. The largest absolute Gasteiger partial charge is 0.508 e. The number of para-hydroxylation sites is 2. The van der Waals surface area contributed by atoms with Crippen molar-refractivity contribution < 1.29 is 28.9 Å². The van der Waals surface area contributed by atoms with Crippen molar-refractivity contribution in [1.29, 1.82) is 0 Å². The first-order chi connectivity index (χ1) is 18.9. The molecule has 0 radical (unpaired) electrons. The first-order valence-electron chi connectivity index (χ1n) is 12.9. The maximum atomic E-state index is 13.8. The van der Waals surface area contributed by atoms with Gasteiger partial charge in [-0.1, -0.05) is 48.5 Å². The second kappa shape index (κ2) is 11.1. The Labute approximate surface area is 227 Å². The van der Waals surface area contributed by atoms with Gasteiger partial charge >= 0.3 is 5.97 Å². The quantitative estimate of drug-likeness (QED) is 0.393. The van der Waals surface area contributed by atoms with Crippen molar-refractivity contribution in [3.05, 3.63) is 112 Å². The maximum absolute atomic E-state index is 13.8. The molecule has 39 heavy (non-hydrogen) atoms. The zero-order chi connectivity index (χ0) is 27.5. The van der Waals surface area contributed by atoms with Gasteiger partial charge in [-0.25, -0.2) is 4.79 Å². The van der Waals surface area contributed by atoms with Crippen molar-refractivity contribution in [2.75, 3.05) is 14.2 Å². The third kappa shape index (κ3) is 5.12. The molecule has 1 aliphatic heterocycles. The molecule has 1 aliphatic carbocycles. The van der Waals surface area contributed by atoms with Gasteiger partial charge in [0.2, 0.25) is 0 Å². The first kappa shape index (κ1) is 26.1. The van der Waals surface area contributed by atoms with Gasteiger partial charge in [0.1, 0.15) is 23.9 Å². The van der Waals surface area contributed by atoms with E-state index in [0.29, 0.717) is 34.6 Å². The summed E-state index contributed by atoms with van der Waals surface area (Å²) in [6.45, 7) is 1.83. The van der Waals surface area contributed by atoms with Crippen molar-refractivity contribution in [2.24, 2.45) is 0 Å². The molecule has 1 heterocycles. The number of phenols is 1. The fourth-order valence-corrected chi connectivity index (χ4v) is 5.61. The number of nitrogens with one attached hydrogen (secondary N) is 1. The third-order valence-electron chi connectivity index (χ3n) is 7.38. The van der Waals surface area contributed by atoms with Crippen LogP contribution in [0.1, 0.15) is 48.3 Å². The normalized spacial score (nSPS) is 18.8. The molecular formula is C32H31NO6. The van der Waals surface area contributed by atoms with Crippen LogP contribution >= 0.6 is 0 Å². The summed E-state index contributed by atoms with van der Waals surface area (Å²) in [5, 5.41) is 13.6. The standard InChI is InChI=1S/C32H31NO6/c1-19-29(32(36)39-18-21-9-4-6-13-27(21)37-2)30(20-10-8-11-23(34)15-20)31-25(33-19)16-22(17-26(31)35)24-12-5-7-14-28(24)38-3/h4-15,22,30,33-34H,16-18H2,1-3H3/t22-,30-/m1/s1. The lowest BCUT2D eigenvalue weighted by atomic mass is 9.71. The zero-order valence-corrected chi connectivity index (χ0v) is 22.2. The number of rotatable bonds is 7. The predicted molar refractivity (Wildman–Crippen MR) is 146 cm³/mol. The number of hydrogen-bond donors (Lipinski definition) is 2. The average molecular weight is 526 g/mol. The van der Waals surface area contributed by atoms with E-state index in [-0.39, 0.29) is 30.5 Å². The van der Waals surface area contributed by atoms with Gasteiger partial charge in [0.05, 0.1) is 19.8 Å². The molecule has 7 heteroatoms. The number of Topliss-reactive ketones (excluding diaryl/α,β-unsaturated/α-hetero) is 1. The van der Waals surface area contributed by atoms with Crippen LogP contribution < -0.4 is 14.8 Å². The van der Waals surface area contributed by atoms with E-state index in [1.54, 1.807) is 38.5 Å². The van der Waals surface area contributed by atoms with Crippen molar-refractivity contribution >= 4 is 11.8 Å². The third-order valence-corrected chi connectivity index (χ3v) is 7.38. The van der Waals surface area contributed by atoms with Crippen LogP contribution in [0.3, 0.4) is 0 Å². The Morgan fingerprint density at radius 2 is 1.67 bits per heavy atom. The lowest BCUT2D eigenvalue weighted by Crippen LogP contribution is -2.36. The van der Waals surface area contributed by atoms with E-state index in [9.17, 15) is 14.7 Å². The molecule has 200 valence electrons. The number of carbonyl (C=O) groups is 2. The summed E-state index contributed by atoms with van der Waals surface area (Å²) in [4.78, 5) is 27.5. The Balaban J connectivity index is 1.52. The monoisotopic (exact) mass is 525 g/mol. The van der Waals surface area contributed by atoms with Crippen LogP contribution in [0, 0.1) is 0 Å². The molecule has 0 spiro atoms. The molecule has 2 atom stereocenters. The highest BCUT2D eigenvalue weighted by molar-refractivity contribution is 6.04. The van der Waals surface area contributed by atoms with E-state index < -0.39 is 11.9 Å². The molecule has 0 bridgehead atoms. The number of ether oxygens (including phenoxy) is 3. The molecule has 2 N–H and O–H groups in total. The molecule has 0 amide bonds. The Bertz CT molecular complexity index is 1490. The summed E-state index contributed by atoms with van der Waals surface area (Å²) >= 11 is 0. The summed E-state index contributed by atoms with van der Waals surface area (Å²) in [5.41, 5.74) is 4.61. The van der Waals surface area contributed by atoms with Crippen LogP contribution in [0.5, 0.6) is 17.2 Å². The van der Waals surface area contributed by atoms with Crippen molar-refractivity contribution in [3.63, 3.8) is 0 Å². The van der Waals surface area contributed by atoms with Gasteiger partial charge in [-0.2, -0.15) is 0 Å². The molecule has 2 aliphatic rings. The van der Waals surface area contributed by atoms with E-state index in [0.717, 1.165) is 22.6 Å². The number of ketones is 1. The van der Waals surface area contributed by atoms with E-state index in [4.69, 9.17) is 14.2 Å². The minimum absolute atomic E-state index is 0.0160. The highest BCUT2D eigenvalue weighted by Crippen LogP contribution is 2.47. The molecule has 0 fully saturated rings. The van der Waals surface area contributed by atoms with Gasteiger partial charge in [0, 0.05) is 40.8 Å². The fraction of sp³-hybridized carbons (Fsp3) is 0.250. The van der Waals surface area contributed by atoms with E-state index >= 15 is 0 Å². The summed E-state index contributed by atoms with van der Waals surface area (Å²) < 4.78 is 16.7. The van der Waals surface area contributed by atoms with E-state index in [1.165, 1.54) is 0 Å². The number of dihydropyridines is 1. The predicted octanol–water partition coefficient (Wildman–Crippen LogP) is 5.51. The molecule has 3 aromatic carbocycles. The molecule has 7 nitrogen and oxygen atoms in total. The minimum atomic E-state index is -0.676. The molecule has 0 aromatic heterocycles. The molecule has 0 saturated carbocycles. The van der Waals surface area contributed by atoms with Gasteiger partial charge in [-0.3, -0.25) is 4.79 Å². The smallest absolute Gasteiger partial charge is 0.337 e. The second-order valence-corrected chi connectivity index (χ2v) is 9.74. The van der Waals surface area contributed by atoms with Crippen LogP contribution in [0.15, 0.2) is 95.3 Å². The number of phenolic OH excluding ortho intramolecular Hbond substituents is 1. The highest BCUT2D eigenvalue weighted by Gasteiger charge is 2.42. The minimum Gasteiger partial charge on any atom is -0.508 e. The van der Waals surface area contributed by atoms with E-state index in [1.807, 2.05) is 55.5 Å². The number of benzene rings is 3. The summed E-state index contributed by atoms with van der Waals surface area (Å²) in [5.74, 6) is 0.0784. The lowest BCUT2D eigenvalue weighted by Gasteiger charge is -2.37. The number of allylic oxidation sites excluding steroid dienone is 3. The van der Waals surface area contributed by atoms with Crippen LogP contribution in [-0.2, 0) is 20.9 Å². The van der Waals surface area contributed by atoms with Gasteiger partial charge in [-0.15, -0.1) is 0 Å². The molecule has 3 aromatic rings. The van der Waals surface area contributed by atoms with Crippen LogP contribution in [-0.4, -0.2) is 31.1 Å². The van der Waals surface area contributed by atoms with E-state index in [2.05, 4.69) is 5.32 Å². The van der Waals surface area contributed by atoms with Gasteiger partial charge in [0.15, 0.2) is 5.78 Å². The molecular weight excluding hydrogens is 494 g/mol. The van der Waals surface area contributed by atoms with Crippen molar-refractivity contribution in [1.82, 2.24) is 5.32 Å². The topological polar surface area (TPSA) is 94.1 Å². The number of esters is 1. The summed E-state index contributed by atoms with van der Waals surface area (Å²) in [7, 11) is 3.19. The SMILES string of the molecule is COc1ccccc1COC(=O)C1=C(C)NC2=C(C(=O)C[C@H](c3ccccc3OC)C2)[C@@H]1c1cccc(O)c1. The fourth-order valence-electron chi connectivity index (χ4n) is 5.61. The highest BCUT2D eigenvalue weighted by atomic mass is 16.5. The Hall–Kier alpha value is -4.52. The molecule has 0 saturated heterocycles. The number of carbonyl (C=O) groups excluding carboxylic acids is 2. The van der Waals surface area contributed by atoms with Gasteiger partial charge in [0.25, 0.3) is 0 Å². The number of hydrogen-bond acceptors (Lipinski definition) is 7. The van der Waals surface area contributed by atoms with Gasteiger partial charge < -0.3 is 24.6 Å². The van der Waals surface area contributed by atoms with Crippen LogP contribution in [0.4, 0.5) is 0 Å².